The number of nitrogen functional groups attached to an aromatic ring is 1. The molecule has 0 unspecified atom stereocenters. The van der Waals surface area contributed by atoms with Crippen molar-refractivity contribution in [2.45, 2.75) is 5.16 Å². The summed E-state index contributed by atoms with van der Waals surface area (Å²) in [5.74, 6) is 6.63. The quantitative estimate of drug-likeness (QED) is 0.272. The van der Waals surface area contributed by atoms with Crippen molar-refractivity contribution in [3.8, 4) is 22.8 Å². The molecule has 4 N–H and O–H groups in total. The summed E-state index contributed by atoms with van der Waals surface area (Å²) in [7, 11) is 0. The molecule has 158 valence electrons. The summed E-state index contributed by atoms with van der Waals surface area (Å²) in [6.45, 7) is 0. The van der Waals surface area contributed by atoms with E-state index in [1.54, 1.807) is 0 Å². The summed E-state index contributed by atoms with van der Waals surface area (Å²) in [6, 6.07) is 25.4. The number of H-pyrrole nitrogens is 1. The van der Waals surface area contributed by atoms with Crippen molar-refractivity contribution < 1.29 is 4.79 Å². The van der Waals surface area contributed by atoms with Crippen molar-refractivity contribution in [2.24, 2.45) is 0 Å². The summed E-state index contributed by atoms with van der Waals surface area (Å²) >= 11 is 1.22. The minimum Gasteiger partial charge on any atom is -0.335 e. The predicted octanol–water partition coefficient (Wildman–Crippen LogP) is 3.93. The van der Waals surface area contributed by atoms with Crippen LogP contribution in [0, 0.1) is 0 Å². The van der Waals surface area contributed by atoms with E-state index in [1.165, 1.54) is 16.4 Å². The Kier molecular flexibility index (Phi) is 5.30. The number of aromatic amines is 1. The van der Waals surface area contributed by atoms with Crippen LogP contribution in [0.3, 0.4) is 0 Å². The van der Waals surface area contributed by atoms with E-state index >= 15 is 0 Å². The van der Waals surface area contributed by atoms with Crippen LogP contribution in [0.5, 0.6) is 0 Å². The topological polar surface area (TPSA) is 115 Å². The maximum absolute atomic E-state index is 12.5. The molecule has 32 heavy (non-hydrogen) atoms. The molecule has 8 nitrogen and oxygen atoms in total. The van der Waals surface area contributed by atoms with Crippen LogP contribution in [0.1, 0.15) is 0 Å². The van der Waals surface area contributed by atoms with Gasteiger partial charge in [-0.25, -0.2) is 4.68 Å². The van der Waals surface area contributed by atoms with Gasteiger partial charge in [-0.2, -0.15) is 5.10 Å². The van der Waals surface area contributed by atoms with Gasteiger partial charge in [-0.05, 0) is 17.5 Å². The Bertz CT molecular complexity index is 1390. The van der Waals surface area contributed by atoms with Gasteiger partial charge in [0.2, 0.25) is 16.9 Å². The largest absolute Gasteiger partial charge is 0.335 e. The first-order valence-electron chi connectivity index (χ1n) is 9.91. The predicted molar refractivity (Wildman–Crippen MR) is 126 cm³/mol. The zero-order valence-corrected chi connectivity index (χ0v) is 17.7. The van der Waals surface area contributed by atoms with Crippen molar-refractivity contribution in [1.82, 2.24) is 25.1 Å². The molecule has 0 saturated heterocycles. The fourth-order valence-corrected chi connectivity index (χ4v) is 4.06. The number of aromatic nitrogens is 5. The number of carbonyl (C=O) groups excluding carboxylic acids is 1. The molecule has 0 aliphatic rings. The van der Waals surface area contributed by atoms with Crippen LogP contribution in [-0.4, -0.2) is 36.7 Å². The Morgan fingerprint density at radius 2 is 1.78 bits per heavy atom. The van der Waals surface area contributed by atoms with Crippen molar-refractivity contribution in [2.75, 3.05) is 16.9 Å². The number of anilines is 1. The third kappa shape index (κ3) is 3.93. The average Bonchev–Trinajstić information content (AvgIpc) is 3.45. The molecular weight excluding hydrogens is 422 g/mol. The highest BCUT2D eigenvalue weighted by molar-refractivity contribution is 7.99. The summed E-state index contributed by atoms with van der Waals surface area (Å²) in [4.78, 5) is 12.5. The first-order valence-corrected chi connectivity index (χ1v) is 10.9. The Hall–Kier alpha value is -4.11. The van der Waals surface area contributed by atoms with E-state index in [-0.39, 0.29) is 11.7 Å². The van der Waals surface area contributed by atoms with Crippen molar-refractivity contribution >= 4 is 34.1 Å². The molecule has 5 rings (SSSR count). The number of hydrogen-bond donors (Lipinski definition) is 3. The summed E-state index contributed by atoms with van der Waals surface area (Å²) in [5, 5.41) is 21.0. The molecule has 0 aliphatic heterocycles. The lowest BCUT2D eigenvalue weighted by Gasteiger charge is -2.08. The van der Waals surface area contributed by atoms with E-state index in [4.69, 9.17) is 5.84 Å². The Morgan fingerprint density at radius 3 is 2.66 bits per heavy atom. The summed E-state index contributed by atoms with van der Waals surface area (Å²) in [6.07, 6.45) is 0. The van der Waals surface area contributed by atoms with Crippen molar-refractivity contribution in [3.63, 3.8) is 0 Å². The van der Waals surface area contributed by atoms with E-state index in [9.17, 15) is 4.79 Å². The molecule has 3 aromatic carbocycles. The van der Waals surface area contributed by atoms with Gasteiger partial charge < -0.3 is 11.2 Å². The number of nitrogens with one attached hydrogen (secondary N) is 2. The number of hydrogen-bond acceptors (Lipinski definition) is 6. The number of carbonyl (C=O) groups is 1. The van der Waals surface area contributed by atoms with Crippen molar-refractivity contribution in [1.29, 1.82) is 0 Å². The molecule has 0 saturated carbocycles. The number of thioether (sulfide) groups is 1. The number of amides is 1. The second kappa shape index (κ2) is 8.56. The van der Waals surface area contributed by atoms with Gasteiger partial charge >= 0.3 is 0 Å². The highest BCUT2D eigenvalue weighted by Crippen LogP contribution is 2.26. The molecule has 0 bridgehead atoms. The maximum Gasteiger partial charge on any atom is 0.234 e. The van der Waals surface area contributed by atoms with Crippen LogP contribution in [0.4, 0.5) is 5.69 Å². The molecule has 2 heterocycles. The lowest BCUT2D eigenvalue weighted by Crippen LogP contribution is -2.16. The van der Waals surface area contributed by atoms with Crippen LogP contribution < -0.4 is 11.2 Å². The summed E-state index contributed by atoms with van der Waals surface area (Å²) in [5.41, 5.74) is 3.19. The average molecular weight is 442 g/mol. The normalized spacial score (nSPS) is 11.0. The van der Waals surface area contributed by atoms with Gasteiger partial charge in [0.05, 0.1) is 11.4 Å². The van der Waals surface area contributed by atoms with E-state index in [0.29, 0.717) is 16.7 Å². The monoisotopic (exact) mass is 441 g/mol. The summed E-state index contributed by atoms with van der Waals surface area (Å²) < 4.78 is 1.36. The van der Waals surface area contributed by atoms with E-state index in [0.717, 1.165) is 27.7 Å². The molecule has 0 spiro atoms. The van der Waals surface area contributed by atoms with Crippen LogP contribution in [0.25, 0.3) is 33.5 Å². The van der Waals surface area contributed by atoms with E-state index in [2.05, 4.69) is 25.7 Å². The zero-order valence-electron chi connectivity index (χ0n) is 16.9. The number of nitrogens with two attached hydrogens (primary N) is 1. The minimum atomic E-state index is -0.149. The van der Waals surface area contributed by atoms with Gasteiger partial charge in [-0.3, -0.25) is 9.89 Å². The van der Waals surface area contributed by atoms with Gasteiger partial charge in [0, 0.05) is 16.6 Å². The van der Waals surface area contributed by atoms with E-state index < -0.39 is 0 Å². The lowest BCUT2D eigenvalue weighted by molar-refractivity contribution is -0.113. The van der Waals surface area contributed by atoms with Crippen LogP contribution >= 0.6 is 11.8 Å². The molecule has 5 aromatic rings. The smallest absolute Gasteiger partial charge is 0.234 e. The maximum atomic E-state index is 12.5. The molecule has 2 aromatic heterocycles. The highest BCUT2D eigenvalue weighted by atomic mass is 32.2. The zero-order chi connectivity index (χ0) is 21.9. The Morgan fingerprint density at radius 1 is 1.00 bits per heavy atom. The standard InChI is InChI=1S/C23H19N7OS/c24-30-22(20-13-19(26-27-20)16-8-2-1-3-9-16)28-29-23(30)32-14-21(31)25-18-12-6-10-15-7-4-5-11-17(15)18/h1-13H,14,24H2,(H,25,31)(H,26,27). The number of fused-ring (bicyclic) bond motifs is 1. The van der Waals surface area contributed by atoms with Crippen LogP contribution in [0.15, 0.2) is 84.0 Å². The second-order valence-electron chi connectivity index (χ2n) is 7.07. The second-order valence-corrected chi connectivity index (χ2v) is 8.02. The van der Waals surface area contributed by atoms with Gasteiger partial charge in [0.25, 0.3) is 0 Å². The molecule has 9 heteroatoms. The van der Waals surface area contributed by atoms with Gasteiger partial charge in [-0.1, -0.05) is 78.5 Å². The number of nitrogens with zero attached hydrogens (tertiary/aromatic N) is 4. The fourth-order valence-electron chi connectivity index (χ4n) is 3.40. The van der Waals surface area contributed by atoms with Gasteiger partial charge in [0.15, 0.2) is 0 Å². The molecule has 1 amide bonds. The lowest BCUT2D eigenvalue weighted by atomic mass is 10.1. The third-order valence-corrected chi connectivity index (χ3v) is 5.89. The molecule has 0 atom stereocenters. The van der Waals surface area contributed by atoms with E-state index in [1.807, 2.05) is 78.9 Å². The molecule has 0 aliphatic carbocycles. The molecule has 0 radical (unpaired) electrons. The highest BCUT2D eigenvalue weighted by Gasteiger charge is 2.16. The Balaban J connectivity index is 1.27. The number of rotatable bonds is 6. The SMILES string of the molecule is Nn1c(SCC(=O)Nc2cccc3ccccc23)nnc1-c1cc(-c2ccccc2)n[nH]1. The minimum absolute atomic E-state index is 0.149. The van der Waals surface area contributed by atoms with Gasteiger partial charge in [0.1, 0.15) is 5.69 Å². The molecular formula is C23H19N7OS. The molecule has 0 fully saturated rings. The van der Waals surface area contributed by atoms with Crippen LogP contribution in [0.2, 0.25) is 0 Å². The fraction of sp³-hybridized carbons (Fsp3) is 0.0435. The Labute approximate surface area is 187 Å². The first kappa shape index (κ1) is 19.8. The van der Waals surface area contributed by atoms with Gasteiger partial charge in [-0.15, -0.1) is 10.2 Å². The van der Waals surface area contributed by atoms with Crippen LogP contribution in [-0.2, 0) is 4.79 Å². The number of benzene rings is 3. The van der Waals surface area contributed by atoms with Crippen molar-refractivity contribution in [3.05, 3.63) is 78.9 Å². The third-order valence-electron chi connectivity index (χ3n) is 4.95. The first-order chi connectivity index (χ1) is 15.7.